The quantitative estimate of drug-likeness (QED) is 0.424. The molecule has 2 aromatic carbocycles. The first-order valence-corrected chi connectivity index (χ1v) is 7.63. The third-order valence-corrected chi connectivity index (χ3v) is 3.27. The summed E-state index contributed by atoms with van der Waals surface area (Å²) in [5.74, 6) is 0.186. The van der Waals surface area contributed by atoms with E-state index in [9.17, 15) is 9.59 Å². The lowest BCUT2D eigenvalue weighted by atomic mass is 10.1. The number of ketones is 1. The zero-order valence-corrected chi connectivity index (χ0v) is 13.1. The van der Waals surface area contributed by atoms with Crippen LogP contribution in [0.2, 0.25) is 0 Å². The number of hydrogen-bond acceptors (Lipinski definition) is 4. The Morgan fingerprint density at radius 3 is 2.22 bits per heavy atom. The fraction of sp³-hybridized carbons (Fsp3) is 0.263. The summed E-state index contributed by atoms with van der Waals surface area (Å²) in [7, 11) is 0. The molecule has 0 saturated heterocycles. The van der Waals surface area contributed by atoms with E-state index in [-0.39, 0.29) is 12.2 Å². The molecule has 2 aromatic rings. The monoisotopic (exact) mass is 312 g/mol. The van der Waals surface area contributed by atoms with Gasteiger partial charge in [-0.2, -0.15) is 0 Å². The van der Waals surface area contributed by atoms with Crippen LogP contribution in [-0.4, -0.2) is 24.5 Å². The highest BCUT2D eigenvalue weighted by Crippen LogP contribution is 2.10. The maximum absolute atomic E-state index is 12.1. The smallest absolute Gasteiger partial charge is 0.306 e. The fourth-order valence-electron chi connectivity index (χ4n) is 2.07. The minimum absolute atomic E-state index is 0.195. The molecular weight excluding hydrogens is 292 g/mol. The highest BCUT2D eigenvalue weighted by molar-refractivity contribution is 6.00. The van der Waals surface area contributed by atoms with Crippen LogP contribution in [0.15, 0.2) is 60.7 Å². The Labute approximate surface area is 136 Å². The molecule has 1 atom stereocenters. The number of carbonyl (C=O) groups is 2. The average Bonchev–Trinajstić information content (AvgIpc) is 2.59. The van der Waals surface area contributed by atoms with Crippen molar-refractivity contribution in [2.75, 3.05) is 6.61 Å². The summed E-state index contributed by atoms with van der Waals surface area (Å²) in [6.45, 7) is 2.02. The first-order valence-electron chi connectivity index (χ1n) is 7.63. The van der Waals surface area contributed by atoms with Crippen LogP contribution >= 0.6 is 0 Å². The minimum atomic E-state index is -0.778. The van der Waals surface area contributed by atoms with Gasteiger partial charge in [-0.25, -0.2) is 0 Å². The SMILES string of the molecule is CC(OC(=O)CCCOc1ccccc1)C(=O)c1ccccc1. The third kappa shape index (κ3) is 5.58. The van der Waals surface area contributed by atoms with Crippen LogP contribution in [0.1, 0.15) is 30.1 Å². The molecule has 0 fully saturated rings. The van der Waals surface area contributed by atoms with Gasteiger partial charge in [-0.1, -0.05) is 48.5 Å². The molecule has 0 saturated carbocycles. The minimum Gasteiger partial charge on any atom is -0.494 e. The lowest BCUT2D eigenvalue weighted by Crippen LogP contribution is -2.24. The van der Waals surface area contributed by atoms with Crippen molar-refractivity contribution < 1.29 is 19.1 Å². The molecule has 0 aliphatic rings. The van der Waals surface area contributed by atoms with Gasteiger partial charge < -0.3 is 9.47 Å². The van der Waals surface area contributed by atoms with Gasteiger partial charge in [0.15, 0.2) is 6.10 Å². The van der Waals surface area contributed by atoms with Gasteiger partial charge in [0.05, 0.1) is 6.61 Å². The van der Waals surface area contributed by atoms with Crippen LogP contribution in [0.25, 0.3) is 0 Å². The number of benzene rings is 2. The van der Waals surface area contributed by atoms with Crippen LogP contribution in [0.5, 0.6) is 5.75 Å². The van der Waals surface area contributed by atoms with E-state index in [4.69, 9.17) is 9.47 Å². The number of ether oxygens (including phenoxy) is 2. The first kappa shape index (κ1) is 16.7. The first-order chi connectivity index (χ1) is 11.2. The van der Waals surface area contributed by atoms with Crippen LogP contribution < -0.4 is 4.74 Å². The van der Waals surface area contributed by atoms with Crippen molar-refractivity contribution in [3.05, 3.63) is 66.2 Å². The van der Waals surface area contributed by atoms with E-state index >= 15 is 0 Å². The normalized spacial score (nSPS) is 11.5. The molecule has 0 aromatic heterocycles. The Bertz CT molecular complexity index is 622. The van der Waals surface area contributed by atoms with Gasteiger partial charge in [-0.3, -0.25) is 9.59 Å². The second-order valence-electron chi connectivity index (χ2n) is 5.13. The van der Waals surface area contributed by atoms with E-state index in [1.807, 2.05) is 36.4 Å². The van der Waals surface area contributed by atoms with Gasteiger partial charge in [0.1, 0.15) is 5.75 Å². The van der Waals surface area contributed by atoms with Gasteiger partial charge >= 0.3 is 5.97 Å². The van der Waals surface area contributed by atoms with Gasteiger partial charge in [-0.15, -0.1) is 0 Å². The molecule has 0 aliphatic heterocycles. The molecule has 0 aliphatic carbocycles. The van der Waals surface area contributed by atoms with Crippen molar-refractivity contribution in [2.45, 2.75) is 25.9 Å². The molecule has 23 heavy (non-hydrogen) atoms. The maximum Gasteiger partial charge on any atom is 0.306 e. The largest absolute Gasteiger partial charge is 0.494 e. The van der Waals surface area contributed by atoms with Gasteiger partial charge in [0.25, 0.3) is 0 Å². The summed E-state index contributed by atoms with van der Waals surface area (Å²) in [5.41, 5.74) is 0.542. The van der Waals surface area contributed by atoms with Crippen LogP contribution in [0, 0.1) is 0 Å². The Balaban J connectivity index is 1.69. The summed E-state index contributed by atoms with van der Waals surface area (Å²) in [6.07, 6.45) is -0.0147. The van der Waals surface area contributed by atoms with E-state index in [2.05, 4.69) is 0 Å². The summed E-state index contributed by atoms with van der Waals surface area (Å²) in [4.78, 5) is 23.9. The fourth-order valence-corrected chi connectivity index (χ4v) is 2.07. The molecular formula is C19H20O4. The van der Waals surface area contributed by atoms with E-state index in [0.717, 1.165) is 5.75 Å². The zero-order chi connectivity index (χ0) is 16.5. The van der Waals surface area contributed by atoms with Crippen molar-refractivity contribution in [1.29, 1.82) is 0 Å². The molecule has 2 rings (SSSR count). The highest BCUT2D eigenvalue weighted by atomic mass is 16.5. The summed E-state index contributed by atoms with van der Waals surface area (Å²) in [6, 6.07) is 18.2. The Morgan fingerprint density at radius 2 is 1.57 bits per heavy atom. The lowest BCUT2D eigenvalue weighted by molar-refractivity contribution is -0.146. The van der Waals surface area contributed by atoms with Gasteiger partial charge in [0.2, 0.25) is 5.78 Å². The molecule has 0 bridgehead atoms. The average molecular weight is 312 g/mol. The second kappa shape index (κ2) is 8.73. The molecule has 0 spiro atoms. The third-order valence-electron chi connectivity index (χ3n) is 3.27. The summed E-state index contributed by atoms with van der Waals surface area (Å²) in [5, 5.41) is 0. The second-order valence-corrected chi connectivity index (χ2v) is 5.13. The molecule has 0 amide bonds. The van der Waals surface area contributed by atoms with Crippen molar-refractivity contribution in [3.8, 4) is 5.75 Å². The number of esters is 1. The topological polar surface area (TPSA) is 52.6 Å². The van der Waals surface area contributed by atoms with Crippen molar-refractivity contribution in [2.24, 2.45) is 0 Å². The Hall–Kier alpha value is -2.62. The van der Waals surface area contributed by atoms with E-state index in [1.54, 1.807) is 31.2 Å². The molecule has 120 valence electrons. The number of carbonyl (C=O) groups excluding carboxylic acids is 2. The predicted molar refractivity (Wildman–Crippen MR) is 87.5 cm³/mol. The van der Waals surface area contributed by atoms with Gasteiger partial charge in [0, 0.05) is 12.0 Å². The maximum atomic E-state index is 12.1. The Morgan fingerprint density at radius 1 is 0.957 bits per heavy atom. The molecule has 4 heteroatoms. The number of hydrogen-bond donors (Lipinski definition) is 0. The van der Waals surface area contributed by atoms with Crippen LogP contribution in [-0.2, 0) is 9.53 Å². The Kier molecular flexibility index (Phi) is 6.36. The van der Waals surface area contributed by atoms with Crippen molar-refractivity contribution in [1.82, 2.24) is 0 Å². The molecule has 4 nitrogen and oxygen atoms in total. The zero-order valence-electron chi connectivity index (χ0n) is 13.1. The van der Waals surface area contributed by atoms with E-state index in [0.29, 0.717) is 18.6 Å². The number of Topliss-reactive ketones (excluding diaryl/α,β-unsaturated/α-hetero) is 1. The van der Waals surface area contributed by atoms with Crippen LogP contribution in [0.4, 0.5) is 0 Å². The van der Waals surface area contributed by atoms with Crippen LogP contribution in [0.3, 0.4) is 0 Å². The summed E-state index contributed by atoms with van der Waals surface area (Å²) < 4.78 is 10.7. The molecule has 0 N–H and O–H groups in total. The van der Waals surface area contributed by atoms with Gasteiger partial charge in [-0.05, 0) is 25.5 Å². The predicted octanol–water partition coefficient (Wildman–Crippen LogP) is 3.66. The lowest BCUT2D eigenvalue weighted by Gasteiger charge is -2.12. The standard InChI is InChI=1S/C19H20O4/c1-15(19(21)16-9-4-2-5-10-16)23-18(20)13-8-14-22-17-11-6-3-7-12-17/h2-7,9-12,15H,8,13-14H2,1H3. The molecule has 0 radical (unpaired) electrons. The van der Waals surface area contributed by atoms with Crippen molar-refractivity contribution >= 4 is 11.8 Å². The highest BCUT2D eigenvalue weighted by Gasteiger charge is 2.18. The number of para-hydroxylation sites is 1. The van der Waals surface area contributed by atoms with E-state index in [1.165, 1.54) is 0 Å². The summed E-state index contributed by atoms with van der Waals surface area (Å²) >= 11 is 0. The van der Waals surface area contributed by atoms with Crippen molar-refractivity contribution in [3.63, 3.8) is 0 Å². The van der Waals surface area contributed by atoms with E-state index < -0.39 is 12.1 Å². The molecule has 1 unspecified atom stereocenters. The molecule has 0 heterocycles. The number of rotatable bonds is 8.